The fourth-order valence-corrected chi connectivity index (χ4v) is 5.34. The van der Waals surface area contributed by atoms with Gasteiger partial charge in [0.2, 0.25) is 0 Å². The van der Waals surface area contributed by atoms with Gasteiger partial charge in [-0.25, -0.2) is 0 Å². The summed E-state index contributed by atoms with van der Waals surface area (Å²) in [6, 6.07) is 1.26. The first-order valence-corrected chi connectivity index (χ1v) is 11.7. The Labute approximate surface area is 162 Å². The molecule has 0 radical (unpaired) electrons. The normalized spacial score (nSPS) is 25.5. The largest absolute Gasteiger partial charge is 0.320 e. The fraction of sp³-hybridized carbons (Fsp3) is 0.957. The van der Waals surface area contributed by atoms with Crippen LogP contribution in [-0.2, 0) is 0 Å². The zero-order valence-electron chi connectivity index (χ0n) is 17.5. The molecule has 1 saturated heterocycles. The van der Waals surface area contributed by atoms with E-state index >= 15 is 0 Å². The summed E-state index contributed by atoms with van der Waals surface area (Å²) in [5.74, 6) is 1.41. The predicted molar refractivity (Wildman–Crippen MR) is 111 cm³/mol. The molecule has 2 fully saturated rings. The van der Waals surface area contributed by atoms with Crippen molar-refractivity contribution in [3.63, 3.8) is 0 Å². The Morgan fingerprint density at radius 2 is 1.35 bits per heavy atom. The molecule has 3 atom stereocenters. The van der Waals surface area contributed by atoms with Gasteiger partial charge < -0.3 is 5.32 Å². The molecule has 2 bridgehead atoms. The maximum Gasteiger partial charge on any atom is 0.176 e. The van der Waals surface area contributed by atoms with Gasteiger partial charge in [0, 0.05) is 25.2 Å². The van der Waals surface area contributed by atoms with Gasteiger partial charge in [-0.2, -0.15) is 5.26 Å². The van der Waals surface area contributed by atoms with Gasteiger partial charge in [0.05, 0.1) is 0 Å². The number of hydrogen-bond acceptors (Lipinski definition) is 3. The summed E-state index contributed by atoms with van der Waals surface area (Å²) in [6.07, 6.45) is 21.6. The van der Waals surface area contributed by atoms with Gasteiger partial charge in [0.1, 0.15) is 0 Å². The predicted octanol–water partition coefficient (Wildman–Crippen LogP) is 5.86. The van der Waals surface area contributed by atoms with Gasteiger partial charge in [-0.3, -0.25) is 4.90 Å². The molecule has 2 aliphatic rings. The molecule has 150 valence electrons. The van der Waals surface area contributed by atoms with E-state index in [0.717, 1.165) is 6.04 Å². The lowest BCUT2D eigenvalue weighted by atomic mass is 9.89. The van der Waals surface area contributed by atoms with Crippen LogP contribution in [0.3, 0.4) is 0 Å². The topological polar surface area (TPSA) is 39.1 Å². The average molecular weight is 362 g/mol. The Balaban J connectivity index is 1.81. The zero-order valence-corrected chi connectivity index (χ0v) is 17.5. The van der Waals surface area contributed by atoms with E-state index in [1.807, 2.05) is 0 Å². The number of unbranched alkanes of at least 4 members (excludes halogenated alkanes) is 8. The van der Waals surface area contributed by atoms with Gasteiger partial charge in [0.25, 0.3) is 0 Å². The Bertz CT molecular complexity index is 375. The Hall–Kier alpha value is -0.750. The summed E-state index contributed by atoms with van der Waals surface area (Å²) in [5.41, 5.74) is 0. The summed E-state index contributed by atoms with van der Waals surface area (Å²) >= 11 is 0. The van der Waals surface area contributed by atoms with E-state index in [4.69, 9.17) is 5.26 Å². The van der Waals surface area contributed by atoms with Crippen molar-refractivity contribution in [1.29, 1.82) is 5.26 Å². The van der Waals surface area contributed by atoms with Crippen LogP contribution in [0.25, 0.3) is 0 Å². The minimum Gasteiger partial charge on any atom is -0.320 e. The van der Waals surface area contributed by atoms with Crippen LogP contribution < -0.4 is 5.32 Å². The number of hydrogen-bond donors (Lipinski definition) is 1. The Morgan fingerprint density at radius 1 is 0.846 bits per heavy atom. The molecule has 2 rings (SSSR count). The van der Waals surface area contributed by atoms with Crippen LogP contribution in [-0.4, -0.2) is 30.1 Å². The van der Waals surface area contributed by atoms with Crippen LogP contribution in [0.4, 0.5) is 0 Å². The van der Waals surface area contributed by atoms with E-state index in [0.29, 0.717) is 17.9 Å². The monoisotopic (exact) mass is 361 g/mol. The van der Waals surface area contributed by atoms with Crippen molar-refractivity contribution in [1.82, 2.24) is 10.2 Å². The van der Waals surface area contributed by atoms with Crippen molar-refractivity contribution in [3.8, 4) is 6.19 Å². The highest BCUT2D eigenvalue weighted by Gasteiger charge is 2.43. The highest BCUT2D eigenvalue weighted by molar-refractivity contribution is 5.00. The van der Waals surface area contributed by atoms with Crippen LogP contribution in [0.1, 0.15) is 104 Å². The molecule has 0 aromatic carbocycles. The second-order valence-corrected chi connectivity index (χ2v) is 8.89. The molecule has 1 saturated carbocycles. The molecular formula is C23H43N3. The van der Waals surface area contributed by atoms with Crippen molar-refractivity contribution in [2.45, 2.75) is 116 Å². The maximum atomic E-state index is 9.06. The first kappa shape index (κ1) is 21.5. The molecule has 0 amide bonds. The molecule has 3 heteroatoms. The van der Waals surface area contributed by atoms with E-state index in [1.165, 1.54) is 103 Å². The highest BCUT2D eigenvalue weighted by atomic mass is 15.2. The SMILES string of the molecule is CCCCCCCC(CCCCCCC)N1C[C@H]2CC[C@@H](C1)C2NC#N. The quantitative estimate of drug-likeness (QED) is 0.239. The van der Waals surface area contributed by atoms with Gasteiger partial charge in [0.15, 0.2) is 6.19 Å². The van der Waals surface area contributed by atoms with Gasteiger partial charge >= 0.3 is 0 Å². The van der Waals surface area contributed by atoms with Crippen LogP contribution in [0.5, 0.6) is 0 Å². The van der Waals surface area contributed by atoms with Crippen molar-refractivity contribution < 1.29 is 0 Å². The summed E-state index contributed by atoms with van der Waals surface area (Å²) in [6.45, 7) is 7.05. The summed E-state index contributed by atoms with van der Waals surface area (Å²) in [5, 5.41) is 12.2. The Kier molecular flexibility index (Phi) is 10.4. The van der Waals surface area contributed by atoms with Crippen molar-refractivity contribution >= 4 is 0 Å². The first-order chi connectivity index (χ1) is 12.8. The third-order valence-electron chi connectivity index (χ3n) is 6.89. The van der Waals surface area contributed by atoms with Crippen LogP contribution in [0, 0.1) is 23.3 Å². The highest BCUT2D eigenvalue weighted by Crippen LogP contribution is 2.38. The minimum atomic E-state index is 0.464. The molecule has 1 aliphatic carbocycles. The molecule has 3 nitrogen and oxygen atoms in total. The van der Waals surface area contributed by atoms with Gasteiger partial charge in [-0.1, -0.05) is 78.1 Å². The number of nitriles is 1. The molecular weight excluding hydrogens is 318 g/mol. The van der Waals surface area contributed by atoms with Gasteiger partial charge in [-0.05, 0) is 37.5 Å². The molecule has 0 aromatic heterocycles. The number of nitrogens with one attached hydrogen (secondary N) is 1. The lowest BCUT2D eigenvalue weighted by Gasteiger charge is -2.42. The van der Waals surface area contributed by atoms with Crippen LogP contribution in [0.15, 0.2) is 0 Å². The second-order valence-electron chi connectivity index (χ2n) is 8.89. The molecule has 1 aliphatic heterocycles. The summed E-state index contributed by atoms with van der Waals surface area (Å²) in [4.78, 5) is 2.83. The number of rotatable bonds is 14. The standard InChI is InChI=1S/C23H43N3/c1-3-5-7-9-11-13-22(14-12-10-8-6-4-2)26-17-20-15-16-21(18-26)23(20)25-19-24/h20-23,25H,3-18H2,1-2H3/t20-,21+,23?. The molecule has 1 unspecified atom stereocenters. The molecule has 1 heterocycles. The lowest BCUT2D eigenvalue weighted by Crippen LogP contribution is -2.52. The fourth-order valence-electron chi connectivity index (χ4n) is 5.34. The minimum absolute atomic E-state index is 0.464. The molecule has 0 spiro atoms. The van der Waals surface area contributed by atoms with Crippen LogP contribution >= 0.6 is 0 Å². The van der Waals surface area contributed by atoms with Crippen molar-refractivity contribution in [2.75, 3.05) is 13.1 Å². The van der Waals surface area contributed by atoms with Crippen molar-refractivity contribution in [2.24, 2.45) is 11.8 Å². The molecule has 1 N–H and O–H groups in total. The molecule has 26 heavy (non-hydrogen) atoms. The van der Waals surface area contributed by atoms with E-state index in [1.54, 1.807) is 0 Å². The van der Waals surface area contributed by atoms with Gasteiger partial charge in [-0.15, -0.1) is 0 Å². The molecule has 0 aromatic rings. The average Bonchev–Trinajstić information content (AvgIpc) is 2.88. The first-order valence-electron chi connectivity index (χ1n) is 11.7. The number of likely N-dealkylation sites (tertiary alicyclic amines) is 1. The van der Waals surface area contributed by atoms with E-state index in [9.17, 15) is 0 Å². The number of piperidine rings is 1. The van der Waals surface area contributed by atoms with E-state index in [2.05, 4.69) is 30.3 Å². The lowest BCUT2D eigenvalue weighted by molar-refractivity contribution is 0.0823. The Morgan fingerprint density at radius 3 is 1.81 bits per heavy atom. The number of fused-ring (bicyclic) bond motifs is 2. The second kappa shape index (κ2) is 12.6. The number of nitrogens with zero attached hydrogens (tertiary/aromatic N) is 2. The maximum absolute atomic E-state index is 9.06. The van der Waals surface area contributed by atoms with E-state index in [-0.39, 0.29) is 0 Å². The van der Waals surface area contributed by atoms with E-state index < -0.39 is 0 Å². The zero-order chi connectivity index (χ0) is 18.6. The smallest absolute Gasteiger partial charge is 0.176 e. The van der Waals surface area contributed by atoms with Crippen LogP contribution in [0.2, 0.25) is 0 Å². The third-order valence-corrected chi connectivity index (χ3v) is 6.89. The summed E-state index contributed by atoms with van der Waals surface area (Å²) in [7, 11) is 0. The summed E-state index contributed by atoms with van der Waals surface area (Å²) < 4.78 is 0. The van der Waals surface area contributed by atoms with Crippen molar-refractivity contribution in [3.05, 3.63) is 0 Å². The third kappa shape index (κ3) is 6.76.